The predicted molar refractivity (Wildman–Crippen MR) is 84.2 cm³/mol. The van der Waals surface area contributed by atoms with Crippen molar-refractivity contribution in [3.05, 3.63) is 35.5 Å². The Morgan fingerprint density at radius 1 is 1.15 bits per heavy atom. The quantitative estimate of drug-likeness (QED) is 0.848. The highest BCUT2D eigenvalue weighted by Crippen LogP contribution is 2.44. The molecule has 2 aliphatic carbocycles. The molecule has 0 unspecified atom stereocenters. The molecule has 0 atom stereocenters. The molecule has 1 heterocycles. The highest BCUT2D eigenvalue weighted by molar-refractivity contribution is 6.35. The summed E-state index contributed by atoms with van der Waals surface area (Å²) in [5, 5.41) is 5.83. The number of halogens is 1. The summed E-state index contributed by atoms with van der Waals surface area (Å²) in [6.45, 7) is 2.05. The van der Waals surface area contributed by atoms with E-state index in [2.05, 4.69) is 34.3 Å². The molecule has 0 bridgehead atoms. The Morgan fingerprint density at radius 3 is 2.55 bits per heavy atom. The summed E-state index contributed by atoms with van der Waals surface area (Å²) >= 11 is 6.30. The van der Waals surface area contributed by atoms with E-state index in [1.165, 1.54) is 31.2 Å². The Bertz CT molecular complexity index is 598. The Balaban J connectivity index is 1.42. The van der Waals surface area contributed by atoms with E-state index in [1.807, 2.05) is 6.07 Å². The van der Waals surface area contributed by atoms with Crippen LogP contribution in [-0.4, -0.2) is 17.2 Å². The minimum Gasteiger partial charge on any atom is -0.345 e. The Morgan fingerprint density at radius 2 is 1.85 bits per heavy atom. The number of aromatic nitrogens is 1. The summed E-state index contributed by atoms with van der Waals surface area (Å²) in [5.74, 6) is 1.93. The van der Waals surface area contributed by atoms with E-state index in [1.54, 1.807) is 0 Å². The molecule has 2 nitrogen and oxygen atoms in total. The van der Waals surface area contributed by atoms with Crippen molar-refractivity contribution in [2.24, 2.45) is 11.8 Å². The largest absolute Gasteiger partial charge is 0.345 e. The highest BCUT2D eigenvalue weighted by Gasteiger charge is 2.40. The zero-order valence-electron chi connectivity index (χ0n) is 11.7. The van der Waals surface area contributed by atoms with E-state index in [0.29, 0.717) is 0 Å². The molecule has 0 saturated heterocycles. The van der Waals surface area contributed by atoms with Crippen LogP contribution >= 0.6 is 11.6 Å². The van der Waals surface area contributed by atoms with E-state index in [4.69, 9.17) is 11.6 Å². The Hall–Kier alpha value is -0.990. The van der Waals surface area contributed by atoms with Crippen molar-refractivity contribution in [3.8, 4) is 0 Å². The first-order valence-electron chi connectivity index (χ1n) is 7.79. The molecule has 1 aromatic heterocycles. The van der Waals surface area contributed by atoms with Crippen LogP contribution in [0.1, 0.15) is 25.7 Å². The number of rotatable bonds is 6. The second kappa shape index (κ2) is 5.09. The summed E-state index contributed by atoms with van der Waals surface area (Å²) < 4.78 is 2.28. The number of benzene rings is 1. The third-order valence-electron chi connectivity index (χ3n) is 4.73. The number of para-hydroxylation sites is 1. The van der Waals surface area contributed by atoms with Crippen LogP contribution in [0.2, 0.25) is 5.02 Å². The van der Waals surface area contributed by atoms with Crippen molar-refractivity contribution in [2.45, 2.75) is 38.3 Å². The first-order valence-corrected chi connectivity index (χ1v) is 8.17. The van der Waals surface area contributed by atoms with Gasteiger partial charge in [-0.25, -0.2) is 0 Å². The Labute approximate surface area is 125 Å². The summed E-state index contributed by atoms with van der Waals surface area (Å²) in [6.07, 6.45) is 7.81. The minimum atomic E-state index is 0.785. The van der Waals surface area contributed by atoms with Crippen LogP contribution in [0.4, 0.5) is 0 Å². The summed E-state index contributed by atoms with van der Waals surface area (Å²) in [5.41, 5.74) is 1.24. The summed E-state index contributed by atoms with van der Waals surface area (Å²) in [7, 11) is 0. The molecule has 3 heteroatoms. The average Bonchev–Trinajstić information content (AvgIpc) is 3.36. The summed E-state index contributed by atoms with van der Waals surface area (Å²) in [4.78, 5) is 0. The molecule has 4 rings (SSSR count). The standard InChI is InChI=1S/C17H21ClN2/c18-15-11-20(16-4-2-1-3-14(15)16)10-9-19-17(12-5-6-12)13-7-8-13/h1-4,11-13,17,19H,5-10H2. The SMILES string of the molecule is Clc1cn(CCNC(C2CC2)C2CC2)c2ccccc12. The average molecular weight is 289 g/mol. The van der Waals surface area contributed by atoms with Crippen molar-refractivity contribution < 1.29 is 0 Å². The molecular weight excluding hydrogens is 268 g/mol. The lowest BCUT2D eigenvalue weighted by molar-refractivity contribution is 0.408. The molecule has 20 heavy (non-hydrogen) atoms. The van der Waals surface area contributed by atoms with Crippen LogP contribution in [-0.2, 0) is 6.54 Å². The van der Waals surface area contributed by atoms with E-state index in [-0.39, 0.29) is 0 Å². The van der Waals surface area contributed by atoms with Crippen LogP contribution < -0.4 is 5.32 Å². The lowest BCUT2D eigenvalue weighted by atomic mass is 10.1. The Kier molecular flexibility index (Phi) is 3.24. The van der Waals surface area contributed by atoms with Crippen LogP contribution in [0.25, 0.3) is 10.9 Å². The van der Waals surface area contributed by atoms with Gasteiger partial charge in [-0.1, -0.05) is 29.8 Å². The summed E-state index contributed by atoms with van der Waals surface area (Å²) in [6, 6.07) is 9.17. The number of hydrogen-bond acceptors (Lipinski definition) is 1. The lowest BCUT2D eigenvalue weighted by Crippen LogP contribution is -2.35. The normalized spacial score (nSPS) is 19.1. The zero-order chi connectivity index (χ0) is 13.5. The smallest absolute Gasteiger partial charge is 0.0661 e. The van der Waals surface area contributed by atoms with Crippen molar-refractivity contribution in [1.29, 1.82) is 0 Å². The van der Waals surface area contributed by atoms with Gasteiger partial charge in [-0.15, -0.1) is 0 Å². The fourth-order valence-electron chi connectivity index (χ4n) is 3.37. The zero-order valence-corrected chi connectivity index (χ0v) is 12.4. The van der Waals surface area contributed by atoms with E-state index in [0.717, 1.165) is 41.4 Å². The van der Waals surface area contributed by atoms with Crippen LogP contribution in [0.15, 0.2) is 30.5 Å². The molecule has 0 spiro atoms. The maximum absolute atomic E-state index is 6.30. The molecule has 2 fully saturated rings. The topological polar surface area (TPSA) is 17.0 Å². The maximum Gasteiger partial charge on any atom is 0.0661 e. The third-order valence-corrected chi connectivity index (χ3v) is 5.03. The van der Waals surface area contributed by atoms with Crippen LogP contribution in [0.3, 0.4) is 0 Å². The van der Waals surface area contributed by atoms with E-state index in [9.17, 15) is 0 Å². The van der Waals surface area contributed by atoms with E-state index < -0.39 is 0 Å². The van der Waals surface area contributed by atoms with Gasteiger partial charge in [-0.2, -0.15) is 0 Å². The molecule has 0 radical (unpaired) electrons. The fourth-order valence-corrected chi connectivity index (χ4v) is 3.65. The van der Waals surface area contributed by atoms with Crippen molar-refractivity contribution in [3.63, 3.8) is 0 Å². The first-order chi connectivity index (χ1) is 9.83. The van der Waals surface area contributed by atoms with E-state index >= 15 is 0 Å². The van der Waals surface area contributed by atoms with Crippen molar-refractivity contribution >= 4 is 22.5 Å². The molecule has 0 aliphatic heterocycles. The maximum atomic E-state index is 6.30. The molecule has 0 amide bonds. The van der Waals surface area contributed by atoms with Crippen LogP contribution in [0, 0.1) is 11.8 Å². The van der Waals surface area contributed by atoms with Gasteiger partial charge in [0.15, 0.2) is 0 Å². The first kappa shape index (κ1) is 12.7. The van der Waals surface area contributed by atoms with Gasteiger partial charge in [0, 0.05) is 36.2 Å². The van der Waals surface area contributed by atoms with Crippen molar-refractivity contribution in [2.75, 3.05) is 6.54 Å². The molecule has 2 aliphatic rings. The second-order valence-electron chi connectivity index (χ2n) is 6.34. The number of nitrogens with zero attached hydrogens (tertiary/aromatic N) is 1. The number of nitrogens with one attached hydrogen (secondary N) is 1. The van der Waals surface area contributed by atoms with Gasteiger partial charge < -0.3 is 9.88 Å². The molecule has 2 saturated carbocycles. The monoisotopic (exact) mass is 288 g/mol. The third kappa shape index (κ3) is 2.47. The minimum absolute atomic E-state index is 0.785. The van der Waals surface area contributed by atoms with Gasteiger partial charge in [0.2, 0.25) is 0 Å². The second-order valence-corrected chi connectivity index (χ2v) is 6.75. The molecule has 1 aromatic carbocycles. The molecular formula is C17H21ClN2. The van der Waals surface area contributed by atoms with Gasteiger partial charge in [-0.3, -0.25) is 0 Å². The van der Waals surface area contributed by atoms with Gasteiger partial charge in [-0.05, 0) is 43.6 Å². The predicted octanol–water partition coefficient (Wildman–Crippen LogP) is 4.07. The van der Waals surface area contributed by atoms with Gasteiger partial charge in [0.05, 0.1) is 5.02 Å². The fraction of sp³-hybridized carbons (Fsp3) is 0.529. The van der Waals surface area contributed by atoms with Gasteiger partial charge >= 0.3 is 0 Å². The highest BCUT2D eigenvalue weighted by atomic mass is 35.5. The molecule has 106 valence electrons. The number of hydrogen-bond donors (Lipinski definition) is 1. The number of fused-ring (bicyclic) bond motifs is 1. The van der Waals surface area contributed by atoms with Gasteiger partial charge in [0.1, 0.15) is 0 Å². The van der Waals surface area contributed by atoms with Crippen molar-refractivity contribution in [1.82, 2.24) is 9.88 Å². The van der Waals surface area contributed by atoms with Gasteiger partial charge in [0.25, 0.3) is 0 Å². The lowest BCUT2D eigenvalue weighted by Gasteiger charge is -2.18. The molecule has 1 N–H and O–H groups in total. The molecule has 2 aromatic rings. The van der Waals surface area contributed by atoms with Crippen LogP contribution in [0.5, 0.6) is 0 Å².